The lowest BCUT2D eigenvalue weighted by molar-refractivity contribution is -0.192. The molecule has 0 aliphatic carbocycles. The molecule has 2 aliphatic heterocycles. The van der Waals surface area contributed by atoms with Crippen LogP contribution in [0.1, 0.15) is 28.1 Å². The first-order valence-electron chi connectivity index (χ1n) is 8.97. The molecule has 0 bridgehead atoms. The second-order valence-electron chi connectivity index (χ2n) is 7.45. The highest BCUT2D eigenvalue weighted by Crippen LogP contribution is 2.40. The Bertz CT molecular complexity index is 857. The molecule has 29 heavy (non-hydrogen) atoms. The minimum atomic E-state index is -5.08. The summed E-state index contributed by atoms with van der Waals surface area (Å²) in [4.78, 5) is 25.8. The summed E-state index contributed by atoms with van der Waals surface area (Å²) in [5.74, 6) is -1.92. The fraction of sp³-hybridized carbons (Fsp3) is 0.474. The maximum Gasteiger partial charge on any atom is 0.490 e. The summed E-state index contributed by atoms with van der Waals surface area (Å²) in [5, 5.41) is 11.5. The molecule has 6 nitrogen and oxygen atoms in total. The van der Waals surface area contributed by atoms with E-state index in [2.05, 4.69) is 21.7 Å². The van der Waals surface area contributed by atoms with Crippen molar-refractivity contribution in [2.24, 2.45) is 5.41 Å². The van der Waals surface area contributed by atoms with Crippen molar-refractivity contribution < 1.29 is 32.3 Å². The van der Waals surface area contributed by atoms with E-state index in [-0.39, 0.29) is 5.91 Å². The fourth-order valence-electron chi connectivity index (χ4n) is 3.75. The molecule has 0 radical (unpaired) electrons. The van der Waals surface area contributed by atoms with E-state index < -0.39 is 12.1 Å². The normalized spacial score (nSPS) is 18.3. The summed E-state index contributed by atoms with van der Waals surface area (Å²) in [7, 11) is 0. The maximum atomic E-state index is 12.4. The standard InChI is InChI=1S/C17H20N2O2S.C2HF3O2/c1-13-15(2-6-21-13)16(20)19-11-17(12-19)4-5-18(10-17)8-14-3-7-22-9-14;3-2(4,5)1(6)7/h2-3,6-7,9H,4-5,8,10-12H2,1H3;(H,6,7). The summed E-state index contributed by atoms with van der Waals surface area (Å²) < 4.78 is 37.0. The van der Waals surface area contributed by atoms with Crippen LogP contribution in [0.4, 0.5) is 13.2 Å². The second kappa shape index (κ2) is 8.19. The van der Waals surface area contributed by atoms with Gasteiger partial charge in [-0.05, 0) is 48.3 Å². The summed E-state index contributed by atoms with van der Waals surface area (Å²) in [6.07, 6.45) is -2.29. The molecule has 0 atom stereocenters. The number of rotatable bonds is 3. The minimum absolute atomic E-state index is 0.119. The number of hydrogen-bond acceptors (Lipinski definition) is 5. The van der Waals surface area contributed by atoms with Gasteiger partial charge in [0.05, 0.1) is 11.8 Å². The number of carboxylic acid groups (broad SMARTS) is 1. The van der Waals surface area contributed by atoms with E-state index in [4.69, 9.17) is 14.3 Å². The van der Waals surface area contributed by atoms with Crippen LogP contribution in [0.3, 0.4) is 0 Å². The lowest BCUT2D eigenvalue weighted by Gasteiger charge is -2.48. The van der Waals surface area contributed by atoms with Crippen molar-refractivity contribution in [2.75, 3.05) is 26.2 Å². The number of carboxylic acids is 1. The van der Waals surface area contributed by atoms with Crippen molar-refractivity contribution in [1.29, 1.82) is 0 Å². The zero-order chi connectivity index (χ0) is 21.2. The van der Waals surface area contributed by atoms with Crippen molar-refractivity contribution >= 4 is 23.2 Å². The highest BCUT2D eigenvalue weighted by Gasteiger charge is 2.49. The molecule has 0 aromatic carbocycles. The van der Waals surface area contributed by atoms with Gasteiger partial charge in [-0.3, -0.25) is 9.69 Å². The number of hydrogen-bond donors (Lipinski definition) is 1. The van der Waals surface area contributed by atoms with Crippen molar-refractivity contribution in [1.82, 2.24) is 9.80 Å². The molecule has 4 heterocycles. The van der Waals surface area contributed by atoms with Crippen molar-refractivity contribution in [3.63, 3.8) is 0 Å². The third kappa shape index (κ3) is 4.99. The number of amides is 1. The first kappa shape index (κ1) is 21.4. The van der Waals surface area contributed by atoms with Crippen LogP contribution in [-0.2, 0) is 11.3 Å². The first-order valence-corrected chi connectivity index (χ1v) is 9.91. The Hall–Kier alpha value is -2.33. The third-order valence-electron chi connectivity index (χ3n) is 5.18. The average molecular weight is 430 g/mol. The van der Waals surface area contributed by atoms with Gasteiger partial charge in [0.2, 0.25) is 0 Å². The molecular formula is C19H21F3N2O4S. The molecule has 2 aromatic heterocycles. The summed E-state index contributed by atoms with van der Waals surface area (Å²) in [5.41, 5.74) is 2.44. The number of furan rings is 1. The van der Waals surface area contributed by atoms with E-state index in [1.54, 1.807) is 23.7 Å². The largest absolute Gasteiger partial charge is 0.490 e. The lowest BCUT2D eigenvalue weighted by atomic mass is 9.78. The molecule has 0 unspecified atom stereocenters. The Labute approximate surface area is 169 Å². The van der Waals surface area contributed by atoms with Crippen molar-refractivity contribution in [3.05, 3.63) is 46.0 Å². The van der Waals surface area contributed by atoms with Crippen LogP contribution in [0.2, 0.25) is 0 Å². The number of likely N-dealkylation sites (tertiary alicyclic amines) is 2. The number of alkyl halides is 3. The van der Waals surface area contributed by atoms with Crippen LogP contribution < -0.4 is 0 Å². The number of aliphatic carboxylic acids is 1. The van der Waals surface area contributed by atoms with E-state index in [9.17, 15) is 18.0 Å². The lowest BCUT2D eigenvalue weighted by Crippen LogP contribution is -2.59. The molecule has 4 rings (SSSR count). The molecule has 1 amide bonds. The Morgan fingerprint density at radius 3 is 2.48 bits per heavy atom. The van der Waals surface area contributed by atoms with Crippen LogP contribution >= 0.6 is 11.3 Å². The van der Waals surface area contributed by atoms with Gasteiger partial charge in [-0.1, -0.05) is 0 Å². The van der Waals surface area contributed by atoms with Gasteiger partial charge in [-0.25, -0.2) is 4.79 Å². The van der Waals surface area contributed by atoms with Gasteiger partial charge in [-0.15, -0.1) is 0 Å². The molecule has 1 N–H and O–H groups in total. The average Bonchev–Trinajstić information content (AvgIpc) is 3.34. The monoisotopic (exact) mass is 430 g/mol. The SMILES string of the molecule is Cc1occc1C(=O)N1CC2(CCN(Cc3ccsc3)C2)C1.O=C(O)C(F)(F)F. The predicted molar refractivity (Wildman–Crippen MR) is 99.7 cm³/mol. The van der Waals surface area contributed by atoms with Crippen molar-refractivity contribution in [2.45, 2.75) is 26.1 Å². The van der Waals surface area contributed by atoms with Gasteiger partial charge in [0.15, 0.2) is 0 Å². The fourth-order valence-corrected chi connectivity index (χ4v) is 4.41. The summed E-state index contributed by atoms with van der Waals surface area (Å²) in [6.45, 7) is 6.91. The van der Waals surface area contributed by atoms with E-state index in [0.717, 1.165) is 38.5 Å². The van der Waals surface area contributed by atoms with Crippen LogP contribution in [0.5, 0.6) is 0 Å². The Kier molecular flexibility index (Phi) is 6.04. The van der Waals surface area contributed by atoms with Gasteiger partial charge >= 0.3 is 12.1 Å². The van der Waals surface area contributed by atoms with E-state index in [1.165, 1.54) is 12.0 Å². The Morgan fingerprint density at radius 2 is 1.97 bits per heavy atom. The number of halogens is 3. The quantitative estimate of drug-likeness (QED) is 0.805. The zero-order valence-electron chi connectivity index (χ0n) is 15.7. The highest BCUT2D eigenvalue weighted by atomic mass is 32.1. The van der Waals surface area contributed by atoms with Gasteiger partial charge in [0.25, 0.3) is 5.91 Å². The van der Waals surface area contributed by atoms with E-state index in [1.807, 2.05) is 11.8 Å². The van der Waals surface area contributed by atoms with Crippen LogP contribution in [0.15, 0.2) is 33.6 Å². The Balaban J connectivity index is 0.000000298. The maximum absolute atomic E-state index is 12.4. The molecular weight excluding hydrogens is 409 g/mol. The number of carbonyl (C=O) groups is 2. The molecule has 2 fully saturated rings. The van der Waals surface area contributed by atoms with Gasteiger partial charge in [-0.2, -0.15) is 24.5 Å². The molecule has 2 aromatic rings. The second-order valence-corrected chi connectivity index (χ2v) is 8.23. The van der Waals surface area contributed by atoms with Crippen molar-refractivity contribution in [3.8, 4) is 0 Å². The summed E-state index contributed by atoms with van der Waals surface area (Å²) in [6, 6.07) is 3.98. The molecule has 2 aliphatic rings. The number of carbonyl (C=O) groups excluding carboxylic acids is 1. The highest BCUT2D eigenvalue weighted by molar-refractivity contribution is 7.07. The molecule has 0 saturated carbocycles. The van der Waals surface area contributed by atoms with Gasteiger partial charge in [0.1, 0.15) is 5.76 Å². The third-order valence-corrected chi connectivity index (χ3v) is 5.91. The smallest absolute Gasteiger partial charge is 0.475 e. The molecule has 158 valence electrons. The molecule has 1 spiro atoms. The Morgan fingerprint density at radius 1 is 1.28 bits per heavy atom. The van der Waals surface area contributed by atoms with Gasteiger partial charge in [0, 0.05) is 31.6 Å². The van der Waals surface area contributed by atoms with Crippen LogP contribution in [0, 0.1) is 12.3 Å². The molecule has 10 heteroatoms. The van der Waals surface area contributed by atoms with E-state index in [0.29, 0.717) is 11.0 Å². The minimum Gasteiger partial charge on any atom is -0.475 e. The van der Waals surface area contributed by atoms with E-state index >= 15 is 0 Å². The summed E-state index contributed by atoms with van der Waals surface area (Å²) >= 11 is 1.76. The number of thiophene rings is 1. The van der Waals surface area contributed by atoms with Gasteiger partial charge < -0.3 is 14.4 Å². The first-order chi connectivity index (χ1) is 13.6. The van der Waals surface area contributed by atoms with Crippen LogP contribution in [-0.4, -0.2) is 59.1 Å². The number of aryl methyl sites for hydroxylation is 1. The number of nitrogens with zero attached hydrogens (tertiary/aromatic N) is 2. The zero-order valence-corrected chi connectivity index (χ0v) is 16.6. The topological polar surface area (TPSA) is 74.0 Å². The van der Waals surface area contributed by atoms with Crippen LogP contribution in [0.25, 0.3) is 0 Å². The molecule has 2 saturated heterocycles. The predicted octanol–water partition coefficient (Wildman–Crippen LogP) is 3.63.